The minimum absolute atomic E-state index is 0.639. The smallest absolute Gasteiger partial charge is 0.159 e. The Bertz CT molecular complexity index is 1260. The summed E-state index contributed by atoms with van der Waals surface area (Å²) in [6, 6.07) is 24.8. The highest BCUT2D eigenvalue weighted by molar-refractivity contribution is 5.84. The van der Waals surface area contributed by atoms with Crippen LogP contribution in [0, 0.1) is 23.5 Å². The lowest BCUT2D eigenvalue weighted by atomic mass is 10.00. The zero-order valence-corrected chi connectivity index (χ0v) is 18.3. The maximum atomic E-state index is 13.5. The number of hydrogen-bond acceptors (Lipinski definition) is 0. The van der Waals surface area contributed by atoms with Gasteiger partial charge < -0.3 is 0 Å². The first-order valence-corrected chi connectivity index (χ1v) is 11.2. The Balaban J connectivity index is 1.44. The average molecular weight is 425 g/mol. The Hall–Kier alpha value is -3.44. The third-order valence-corrected chi connectivity index (χ3v) is 5.72. The second kappa shape index (κ2) is 10.2. The van der Waals surface area contributed by atoms with E-state index in [0.717, 1.165) is 23.1 Å². The molecule has 2 heteroatoms. The first-order chi connectivity index (χ1) is 15.6. The van der Waals surface area contributed by atoms with Crippen LogP contribution in [0.5, 0.6) is 0 Å². The van der Waals surface area contributed by atoms with Crippen molar-refractivity contribution in [2.75, 3.05) is 0 Å². The van der Waals surface area contributed by atoms with E-state index in [9.17, 15) is 8.78 Å². The van der Waals surface area contributed by atoms with E-state index in [4.69, 9.17) is 0 Å². The van der Waals surface area contributed by atoms with Crippen molar-refractivity contribution < 1.29 is 8.78 Å². The Kier molecular flexibility index (Phi) is 6.97. The lowest BCUT2D eigenvalue weighted by Crippen LogP contribution is -1.86. The quantitative estimate of drug-likeness (QED) is 0.216. The van der Waals surface area contributed by atoms with E-state index in [1.54, 1.807) is 12.1 Å². The molecule has 0 N–H and O–H groups in total. The molecule has 32 heavy (non-hydrogen) atoms. The average Bonchev–Trinajstić information content (AvgIpc) is 2.82. The maximum absolute atomic E-state index is 13.5. The van der Waals surface area contributed by atoms with Gasteiger partial charge in [0.1, 0.15) is 0 Å². The molecule has 0 unspecified atom stereocenters. The summed E-state index contributed by atoms with van der Waals surface area (Å²) in [6.07, 6.45) is 6.28. The summed E-state index contributed by atoms with van der Waals surface area (Å²) in [4.78, 5) is 0. The van der Waals surface area contributed by atoms with Crippen LogP contribution in [-0.2, 0) is 6.42 Å². The van der Waals surface area contributed by atoms with E-state index in [0.29, 0.717) is 10.8 Å². The fourth-order valence-electron chi connectivity index (χ4n) is 3.83. The molecule has 4 aromatic carbocycles. The molecule has 0 bridgehead atoms. The van der Waals surface area contributed by atoms with Gasteiger partial charge in [0, 0.05) is 11.1 Å². The van der Waals surface area contributed by atoms with E-state index in [1.807, 2.05) is 18.2 Å². The van der Waals surface area contributed by atoms with Gasteiger partial charge in [-0.2, -0.15) is 0 Å². The topological polar surface area (TPSA) is 0 Å². The standard InChI is InChI=1S/C30H26F2/c1-2-3-4-5-6-22-9-14-25(15-10-22)26-16-11-23(12-17-26)7-8-24-13-18-27-20-29(31)30(32)21-28(27)19-24/h9-21H,2-6H2,1H3. The summed E-state index contributed by atoms with van der Waals surface area (Å²) in [7, 11) is 0. The van der Waals surface area contributed by atoms with Crippen LogP contribution in [-0.4, -0.2) is 0 Å². The fraction of sp³-hybridized carbons (Fsp3) is 0.200. The third-order valence-electron chi connectivity index (χ3n) is 5.72. The Morgan fingerprint density at radius 1 is 0.594 bits per heavy atom. The molecule has 0 aliphatic heterocycles. The largest absolute Gasteiger partial charge is 0.204 e. The highest BCUT2D eigenvalue weighted by atomic mass is 19.2. The van der Waals surface area contributed by atoms with Gasteiger partial charge in [-0.1, -0.05) is 80.5 Å². The maximum Gasteiger partial charge on any atom is 0.159 e. The lowest BCUT2D eigenvalue weighted by molar-refractivity contribution is 0.511. The van der Waals surface area contributed by atoms with Crippen molar-refractivity contribution in [1.29, 1.82) is 0 Å². The van der Waals surface area contributed by atoms with Crippen LogP contribution in [0.4, 0.5) is 8.78 Å². The molecule has 0 nitrogen and oxygen atoms in total. The minimum Gasteiger partial charge on any atom is -0.204 e. The monoisotopic (exact) mass is 424 g/mol. The molecule has 0 saturated heterocycles. The van der Waals surface area contributed by atoms with Crippen LogP contribution >= 0.6 is 0 Å². The molecule has 0 amide bonds. The van der Waals surface area contributed by atoms with Gasteiger partial charge in [-0.25, -0.2) is 8.78 Å². The van der Waals surface area contributed by atoms with Crippen molar-refractivity contribution in [3.63, 3.8) is 0 Å². The molecule has 0 aliphatic rings. The van der Waals surface area contributed by atoms with E-state index >= 15 is 0 Å². The molecule has 4 aromatic rings. The molecule has 0 atom stereocenters. The van der Waals surface area contributed by atoms with E-state index in [-0.39, 0.29) is 0 Å². The van der Waals surface area contributed by atoms with Gasteiger partial charge in [0.05, 0.1) is 0 Å². The van der Waals surface area contributed by atoms with Crippen molar-refractivity contribution >= 4 is 10.8 Å². The zero-order chi connectivity index (χ0) is 22.3. The number of fused-ring (bicyclic) bond motifs is 1. The second-order valence-electron chi connectivity index (χ2n) is 8.16. The van der Waals surface area contributed by atoms with E-state index < -0.39 is 11.6 Å². The van der Waals surface area contributed by atoms with Crippen LogP contribution < -0.4 is 0 Å². The van der Waals surface area contributed by atoms with Gasteiger partial charge in [-0.15, -0.1) is 0 Å². The van der Waals surface area contributed by atoms with Gasteiger partial charge in [-0.3, -0.25) is 0 Å². The normalized spacial score (nSPS) is 10.7. The number of benzene rings is 4. The first kappa shape index (κ1) is 21.8. The molecule has 0 aromatic heterocycles. The number of rotatable bonds is 6. The van der Waals surface area contributed by atoms with E-state index in [1.165, 1.54) is 48.9 Å². The van der Waals surface area contributed by atoms with Gasteiger partial charge in [0.2, 0.25) is 0 Å². The molecule has 4 rings (SSSR count). The van der Waals surface area contributed by atoms with Gasteiger partial charge in [0.15, 0.2) is 11.6 Å². The van der Waals surface area contributed by atoms with Crippen LogP contribution in [0.25, 0.3) is 21.9 Å². The number of hydrogen-bond donors (Lipinski definition) is 0. The SMILES string of the molecule is CCCCCCc1ccc(-c2ccc(C#Cc3ccc4cc(F)c(F)cc4c3)cc2)cc1. The molecular formula is C30H26F2. The summed E-state index contributed by atoms with van der Waals surface area (Å²) in [5, 5.41) is 1.30. The molecule has 0 spiro atoms. The molecule has 160 valence electrons. The fourth-order valence-corrected chi connectivity index (χ4v) is 3.83. The molecule has 0 aliphatic carbocycles. The summed E-state index contributed by atoms with van der Waals surface area (Å²) < 4.78 is 26.9. The highest BCUT2D eigenvalue weighted by Gasteiger charge is 2.04. The summed E-state index contributed by atoms with van der Waals surface area (Å²) >= 11 is 0. The van der Waals surface area contributed by atoms with E-state index in [2.05, 4.69) is 55.2 Å². The van der Waals surface area contributed by atoms with Crippen LogP contribution in [0.3, 0.4) is 0 Å². The number of aryl methyl sites for hydroxylation is 1. The van der Waals surface area contributed by atoms with Crippen molar-refractivity contribution in [2.45, 2.75) is 39.0 Å². The Labute approximate surface area is 188 Å². The van der Waals surface area contributed by atoms with Crippen LogP contribution in [0.1, 0.15) is 49.3 Å². The molecule has 0 radical (unpaired) electrons. The number of unbranched alkanes of at least 4 members (excludes halogenated alkanes) is 3. The van der Waals surface area contributed by atoms with Crippen LogP contribution in [0.15, 0.2) is 78.9 Å². The first-order valence-electron chi connectivity index (χ1n) is 11.2. The second-order valence-corrected chi connectivity index (χ2v) is 8.16. The van der Waals surface area contributed by atoms with Crippen molar-refractivity contribution in [3.8, 4) is 23.0 Å². The highest BCUT2D eigenvalue weighted by Crippen LogP contribution is 2.22. The van der Waals surface area contributed by atoms with Gasteiger partial charge in [-0.05, 0) is 76.7 Å². The molecule has 0 saturated carbocycles. The zero-order valence-electron chi connectivity index (χ0n) is 18.3. The molecule has 0 heterocycles. The summed E-state index contributed by atoms with van der Waals surface area (Å²) in [5.74, 6) is 4.59. The summed E-state index contributed by atoms with van der Waals surface area (Å²) in [6.45, 7) is 2.24. The van der Waals surface area contributed by atoms with Gasteiger partial charge >= 0.3 is 0 Å². The van der Waals surface area contributed by atoms with Crippen molar-refractivity contribution in [1.82, 2.24) is 0 Å². The van der Waals surface area contributed by atoms with Crippen molar-refractivity contribution in [2.24, 2.45) is 0 Å². The van der Waals surface area contributed by atoms with Crippen LogP contribution in [0.2, 0.25) is 0 Å². The Morgan fingerprint density at radius 2 is 1.19 bits per heavy atom. The molecule has 0 fully saturated rings. The number of halogens is 2. The minimum atomic E-state index is -0.845. The Morgan fingerprint density at radius 3 is 1.88 bits per heavy atom. The van der Waals surface area contributed by atoms with Crippen molar-refractivity contribution in [3.05, 3.63) is 107 Å². The lowest BCUT2D eigenvalue weighted by Gasteiger charge is -2.05. The summed E-state index contributed by atoms with van der Waals surface area (Å²) in [5.41, 5.74) is 5.43. The molecular weight excluding hydrogens is 398 g/mol. The third kappa shape index (κ3) is 5.42. The van der Waals surface area contributed by atoms with Gasteiger partial charge in [0.25, 0.3) is 0 Å². The predicted octanol–water partition coefficient (Wildman–Crippen LogP) is 8.31. The predicted molar refractivity (Wildman–Crippen MR) is 130 cm³/mol.